The normalized spacial score (nSPS) is 12.3. The topological polar surface area (TPSA) is 28.2 Å². The van der Waals surface area contributed by atoms with E-state index in [1.54, 1.807) is 26.1 Å². The Morgan fingerprint density at radius 3 is 2.33 bits per heavy atom. The first-order valence-electron chi connectivity index (χ1n) is 6.81. The largest absolute Gasteiger partial charge is 0.405 e. The van der Waals surface area contributed by atoms with Gasteiger partial charge in [-0.3, -0.25) is 0 Å². The number of hydrogen-bond acceptors (Lipinski definition) is 3. The van der Waals surface area contributed by atoms with Crippen LogP contribution in [0.4, 0.5) is 19.0 Å². The molecule has 0 spiro atoms. The van der Waals surface area contributed by atoms with Gasteiger partial charge in [0, 0.05) is 24.8 Å². The van der Waals surface area contributed by atoms with Crippen molar-refractivity contribution in [2.45, 2.75) is 52.5 Å². The lowest BCUT2D eigenvalue weighted by Crippen LogP contribution is -2.39. The van der Waals surface area contributed by atoms with Crippen LogP contribution in [0.3, 0.4) is 0 Å². The van der Waals surface area contributed by atoms with E-state index in [4.69, 9.17) is 11.6 Å². The maximum atomic E-state index is 12.6. The minimum atomic E-state index is -4.30. The minimum Gasteiger partial charge on any atom is -0.344 e. The van der Waals surface area contributed by atoms with Gasteiger partial charge in [-0.1, -0.05) is 25.4 Å². The highest BCUT2D eigenvalue weighted by Crippen LogP contribution is 2.29. The summed E-state index contributed by atoms with van der Waals surface area (Å²) in [6.45, 7) is 6.88. The van der Waals surface area contributed by atoms with E-state index in [-0.39, 0.29) is 16.9 Å². The summed E-state index contributed by atoms with van der Waals surface area (Å²) in [7, 11) is 0. The predicted octanol–water partition coefficient (Wildman–Crippen LogP) is 4.01. The number of rotatable bonds is 6. The molecule has 0 saturated carbocycles. The van der Waals surface area contributed by atoms with Gasteiger partial charge >= 0.3 is 6.18 Å². The molecule has 0 saturated heterocycles. The minimum absolute atomic E-state index is 0.164. The summed E-state index contributed by atoms with van der Waals surface area (Å²) in [5, 5.41) is 3.44. The van der Waals surface area contributed by atoms with E-state index >= 15 is 0 Å². The van der Waals surface area contributed by atoms with Crippen molar-refractivity contribution in [1.82, 2.24) is 10.3 Å². The molecule has 0 radical (unpaired) electrons. The van der Waals surface area contributed by atoms with Gasteiger partial charge in [0.25, 0.3) is 0 Å². The van der Waals surface area contributed by atoms with Crippen LogP contribution in [0, 0.1) is 0 Å². The van der Waals surface area contributed by atoms with E-state index in [1.807, 2.05) is 13.8 Å². The zero-order valence-corrected chi connectivity index (χ0v) is 13.4. The van der Waals surface area contributed by atoms with Gasteiger partial charge in [0.15, 0.2) is 0 Å². The van der Waals surface area contributed by atoms with Crippen molar-refractivity contribution in [3.8, 4) is 0 Å². The number of anilines is 1. The van der Waals surface area contributed by atoms with E-state index in [1.165, 1.54) is 0 Å². The molecule has 1 heterocycles. The molecule has 0 fully saturated rings. The molecular weight excluding hydrogens is 303 g/mol. The van der Waals surface area contributed by atoms with Crippen LogP contribution in [0.25, 0.3) is 0 Å². The zero-order chi connectivity index (χ0) is 16.2. The molecule has 0 amide bonds. The Bertz CT molecular complexity index is 461. The molecule has 1 N–H and O–H groups in total. The molecule has 1 rings (SSSR count). The molecule has 1 aromatic rings. The third-order valence-electron chi connectivity index (χ3n) is 2.84. The van der Waals surface area contributed by atoms with Crippen molar-refractivity contribution in [2.24, 2.45) is 0 Å². The number of nitrogens with one attached hydrogen (secondary N) is 1. The van der Waals surface area contributed by atoms with E-state index in [0.29, 0.717) is 12.6 Å². The van der Waals surface area contributed by atoms with Crippen LogP contribution < -0.4 is 10.2 Å². The Hall–Kier alpha value is -1.01. The second-order valence-corrected chi connectivity index (χ2v) is 5.93. The van der Waals surface area contributed by atoms with Crippen molar-refractivity contribution < 1.29 is 13.2 Å². The Morgan fingerprint density at radius 1 is 1.29 bits per heavy atom. The van der Waals surface area contributed by atoms with Crippen molar-refractivity contribution in [3.05, 3.63) is 22.8 Å². The van der Waals surface area contributed by atoms with Gasteiger partial charge < -0.3 is 10.2 Å². The maximum Gasteiger partial charge on any atom is 0.405 e. The first kappa shape index (κ1) is 18.0. The predicted molar refractivity (Wildman–Crippen MR) is 79.8 cm³/mol. The molecule has 0 unspecified atom stereocenters. The third kappa shape index (κ3) is 6.09. The van der Waals surface area contributed by atoms with Crippen LogP contribution in [0.2, 0.25) is 5.02 Å². The SMILES string of the molecule is CC(C)NCc1cnc(N(CC(F)(F)F)C(C)C)c(Cl)c1. The molecule has 3 nitrogen and oxygen atoms in total. The summed E-state index contributed by atoms with van der Waals surface area (Å²) in [5.74, 6) is 0.164. The second-order valence-electron chi connectivity index (χ2n) is 5.52. The first-order chi connectivity index (χ1) is 9.60. The number of pyridine rings is 1. The molecule has 21 heavy (non-hydrogen) atoms. The lowest BCUT2D eigenvalue weighted by Gasteiger charge is -2.29. The highest BCUT2D eigenvalue weighted by molar-refractivity contribution is 6.33. The maximum absolute atomic E-state index is 12.6. The summed E-state index contributed by atoms with van der Waals surface area (Å²) in [6.07, 6.45) is -2.74. The first-order valence-corrected chi connectivity index (χ1v) is 7.19. The molecule has 120 valence electrons. The smallest absolute Gasteiger partial charge is 0.344 e. The van der Waals surface area contributed by atoms with E-state index in [2.05, 4.69) is 10.3 Å². The van der Waals surface area contributed by atoms with E-state index in [0.717, 1.165) is 10.5 Å². The van der Waals surface area contributed by atoms with Gasteiger partial charge in [-0.2, -0.15) is 13.2 Å². The fourth-order valence-electron chi connectivity index (χ4n) is 1.80. The van der Waals surface area contributed by atoms with Crippen molar-refractivity contribution >= 4 is 17.4 Å². The Labute approximate surface area is 128 Å². The van der Waals surface area contributed by atoms with Gasteiger partial charge in [-0.15, -0.1) is 0 Å². The van der Waals surface area contributed by atoms with Crippen LogP contribution in [0.1, 0.15) is 33.3 Å². The molecule has 1 aromatic heterocycles. The summed E-state index contributed by atoms with van der Waals surface area (Å²) in [5.41, 5.74) is 0.841. The zero-order valence-electron chi connectivity index (χ0n) is 12.6. The third-order valence-corrected chi connectivity index (χ3v) is 3.12. The summed E-state index contributed by atoms with van der Waals surface area (Å²) >= 11 is 6.11. The van der Waals surface area contributed by atoms with Crippen molar-refractivity contribution in [2.75, 3.05) is 11.4 Å². The van der Waals surface area contributed by atoms with Gasteiger partial charge in [0.2, 0.25) is 0 Å². The fraction of sp³-hybridized carbons (Fsp3) is 0.643. The quantitative estimate of drug-likeness (QED) is 0.857. The molecule has 0 aliphatic rings. The molecule has 0 aromatic carbocycles. The number of nitrogens with zero attached hydrogens (tertiary/aromatic N) is 2. The summed E-state index contributed by atoms with van der Waals surface area (Å²) < 4.78 is 37.9. The van der Waals surface area contributed by atoms with E-state index < -0.39 is 12.7 Å². The Kier molecular flexibility index (Phi) is 6.28. The molecule has 0 aliphatic heterocycles. The Balaban J connectivity index is 2.95. The molecule has 0 atom stereocenters. The van der Waals surface area contributed by atoms with Gasteiger partial charge in [0.1, 0.15) is 12.4 Å². The summed E-state index contributed by atoms with van der Waals surface area (Å²) in [4.78, 5) is 5.27. The summed E-state index contributed by atoms with van der Waals surface area (Å²) in [6, 6.07) is 1.61. The van der Waals surface area contributed by atoms with Crippen LogP contribution >= 0.6 is 11.6 Å². The number of hydrogen-bond donors (Lipinski definition) is 1. The molecule has 0 bridgehead atoms. The van der Waals surface area contributed by atoms with Crippen LogP contribution in [-0.4, -0.2) is 29.8 Å². The number of alkyl halides is 3. The highest BCUT2D eigenvalue weighted by atomic mass is 35.5. The molecule has 0 aliphatic carbocycles. The average molecular weight is 324 g/mol. The lowest BCUT2D eigenvalue weighted by molar-refractivity contribution is -0.120. The van der Waals surface area contributed by atoms with Gasteiger partial charge in [0.05, 0.1) is 5.02 Å². The van der Waals surface area contributed by atoms with Crippen LogP contribution in [0.15, 0.2) is 12.3 Å². The van der Waals surface area contributed by atoms with Crippen molar-refractivity contribution in [3.63, 3.8) is 0 Å². The highest BCUT2D eigenvalue weighted by Gasteiger charge is 2.33. The lowest BCUT2D eigenvalue weighted by atomic mass is 10.2. The van der Waals surface area contributed by atoms with Gasteiger partial charge in [-0.25, -0.2) is 4.98 Å². The Morgan fingerprint density at radius 2 is 1.90 bits per heavy atom. The van der Waals surface area contributed by atoms with Crippen LogP contribution in [-0.2, 0) is 6.54 Å². The molecule has 7 heteroatoms. The monoisotopic (exact) mass is 323 g/mol. The number of aromatic nitrogens is 1. The second kappa shape index (κ2) is 7.31. The van der Waals surface area contributed by atoms with Crippen LogP contribution in [0.5, 0.6) is 0 Å². The standard InChI is InChI=1S/C14H21ClF3N3/c1-9(2)19-6-11-5-12(15)13(20-7-11)21(10(3)4)8-14(16,17)18/h5,7,9-10,19H,6,8H2,1-4H3. The number of halogens is 4. The molecular formula is C14H21ClF3N3. The van der Waals surface area contributed by atoms with Gasteiger partial charge in [-0.05, 0) is 25.5 Å². The average Bonchev–Trinajstić information content (AvgIpc) is 2.32. The van der Waals surface area contributed by atoms with E-state index in [9.17, 15) is 13.2 Å². The van der Waals surface area contributed by atoms with Crippen molar-refractivity contribution in [1.29, 1.82) is 0 Å². The fourth-order valence-corrected chi connectivity index (χ4v) is 2.09.